The van der Waals surface area contributed by atoms with E-state index in [1.807, 2.05) is 0 Å². The molecule has 4 heteroatoms. The van der Waals surface area contributed by atoms with Crippen LogP contribution >= 0.6 is 11.6 Å². The first-order chi connectivity index (χ1) is 6.68. The molecule has 0 radical (unpaired) electrons. The maximum atomic E-state index is 10.3. The molecule has 2 nitrogen and oxygen atoms in total. The fourth-order valence-electron chi connectivity index (χ4n) is 1.30. The smallest absolute Gasteiger partial charge is 0.183 e. The number of halogens is 1. The monoisotopic (exact) mass is 238 g/mol. The topological polar surface area (TPSA) is 34.1 Å². The lowest BCUT2D eigenvalue weighted by atomic mass is 10.1. The van der Waals surface area contributed by atoms with Gasteiger partial charge in [-0.2, -0.15) is 8.42 Å². The first kappa shape index (κ1) is 14.0. The molecule has 0 amide bonds. The summed E-state index contributed by atoms with van der Waals surface area (Å²) in [6.45, 7) is 2.19. The minimum atomic E-state index is -2.19. The number of hydrogen-bond donors (Lipinski definition) is 0. The number of hydrogen-bond acceptors (Lipinski definition) is 2. The Labute approximate surface area is 93.2 Å². The number of unbranched alkanes of at least 4 members (excludes halogenated alkanes) is 6. The summed E-state index contributed by atoms with van der Waals surface area (Å²) in [5.41, 5.74) is 0. The molecule has 0 bridgehead atoms. The lowest BCUT2D eigenvalue weighted by molar-refractivity contribution is 0.596. The molecule has 0 unspecified atom stereocenters. The van der Waals surface area contributed by atoms with Crippen LogP contribution in [0.15, 0.2) is 0 Å². The van der Waals surface area contributed by atoms with Gasteiger partial charge in [-0.15, -0.1) is 0 Å². The van der Waals surface area contributed by atoms with Crippen molar-refractivity contribution in [2.24, 2.45) is 0 Å². The summed E-state index contributed by atoms with van der Waals surface area (Å²) in [6, 6.07) is 0. The van der Waals surface area contributed by atoms with Gasteiger partial charge in [-0.05, 0) is 12.8 Å². The SMILES string of the molecule is CCCCCCCCCC(Cl)=S(=O)=O. The van der Waals surface area contributed by atoms with Crippen molar-refractivity contribution in [1.29, 1.82) is 0 Å². The van der Waals surface area contributed by atoms with Gasteiger partial charge in [0.15, 0.2) is 0 Å². The molecule has 0 fully saturated rings. The molecule has 0 aliphatic carbocycles. The highest BCUT2D eigenvalue weighted by atomic mass is 35.5. The summed E-state index contributed by atoms with van der Waals surface area (Å²) in [5, 5.41) is 0. The van der Waals surface area contributed by atoms with Crippen LogP contribution < -0.4 is 0 Å². The van der Waals surface area contributed by atoms with Crippen molar-refractivity contribution >= 4 is 26.2 Å². The average Bonchev–Trinajstić information content (AvgIpc) is 2.16. The third kappa shape index (κ3) is 8.57. The van der Waals surface area contributed by atoms with Gasteiger partial charge in [0.1, 0.15) is 4.32 Å². The lowest BCUT2D eigenvalue weighted by Gasteiger charge is -1.98. The molecule has 0 aromatic rings. The van der Waals surface area contributed by atoms with Crippen molar-refractivity contribution in [2.45, 2.75) is 58.3 Å². The second-order valence-electron chi connectivity index (χ2n) is 3.46. The van der Waals surface area contributed by atoms with Crippen LogP contribution in [0.1, 0.15) is 58.3 Å². The fraction of sp³-hybridized carbons (Fsp3) is 0.900. The van der Waals surface area contributed by atoms with Gasteiger partial charge in [-0.1, -0.05) is 57.0 Å². The minimum Gasteiger partial charge on any atom is -0.183 e. The van der Waals surface area contributed by atoms with E-state index < -0.39 is 10.3 Å². The van der Waals surface area contributed by atoms with Crippen LogP contribution in [0.5, 0.6) is 0 Å². The van der Waals surface area contributed by atoms with Gasteiger partial charge in [0, 0.05) is 0 Å². The molecule has 0 aromatic carbocycles. The number of rotatable bonds is 8. The third-order valence-corrected chi connectivity index (χ3v) is 3.29. The summed E-state index contributed by atoms with van der Waals surface area (Å²) in [4.78, 5) is 0. The van der Waals surface area contributed by atoms with E-state index >= 15 is 0 Å². The molecular formula is C10H19ClO2S. The Balaban J connectivity index is 3.26. The zero-order chi connectivity index (χ0) is 10.8. The zero-order valence-electron chi connectivity index (χ0n) is 8.76. The van der Waals surface area contributed by atoms with E-state index in [1.165, 1.54) is 32.1 Å². The van der Waals surface area contributed by atoms with E-state index in [2.05, 4.69) is 6.92 Å². The molecule has 0 saturated carbocycles. The molecule has 0 rings (SSSR count). The van der Waals surface area contributed by atoms with Crippen LogP contribution in [0.25, 0.3) is 0 Å². The van der Waals surface area contributed by atoms with E-state index in [9.17, 15) is 8.42 Å². The Bertz CT molecular complexity index is 249. The Morgan fingerprint density at radius 2 is 1.50 bits per heavy atom. The van der Waals surface area contributed by atoms with E-state index in [1.54, 1.807) is 0 Å². The van der Waals surface area contributed by atoms with Crippen LogP contribution in [0.3, 0.4) is 0 Å². The second-order valence-corrected chi connectivity index (χ2v) is 5.10. The maximum Gasteiger partial charge on any atom is 0.228 e. The highest BCUT2D eigenvalue weighted by molar-refractivity contribution is 7.76. The van der Waals surface area contributed by atoms with E-state index in [0.717, 1.165) is 12.8 Å². The molecule has 14 heavy (non-hydrogen) atoms. The molecule has 0 aliphatic rings. The van der Waals surface area contributed by atoms with Gasteiger partial charge in [-0.3, -0.25) is 0 Å². The van der Waals surface area contributed by atoms with Gasteiger partial charge in [0.05, 0.1) is 0 Å². The second kappa shape index (κ2) is 9.53. The average molecular weight is 239 g/mol. The van der Waals surface area contributed by atoms with Crippen LogP contribution in [0.2, 0.25) is 0 Å². The largest absolute Gasteiger partial charge is 0.228 e. The van der Waals surface area contributed by atoms with Gasteiger partial charge in [-0.25, -0.2) is 0 Å². The molecular weight excluding hydrogens is 220 g/mol. The van der Waals surface area contributed by atoms with Crippen molar-refractivity contribution in [2.75, 3.05) is 0 Å². The van der Waals surface area contributed by atoms with Crippen molar-refractivity contribution in [1.82, 2.24) is 0 Å². The van der Waals surface area contributed by atoms with Gasteiger partial charge >= 0.3 is 0 Å². The molecule has 0 saturated heterocycles. The molecule has 0 heterocycles. The van der Waals surface area contributed by atoms with Crippen LogP contribution in [0, 0.1) is 0 Å². The predicted molar refractivity (Wildman–Crippen MR) is 62.4 cm³/mol. The van der Waals surface area contributed by atoms with Gasteiger partial charge in [0.2, 0.25) is 10.3 Å². The van der Waals surface area contributed by atoms with E-state index in [4.69, 9.17) is 11.6 Å². The summed E-state index contributed by atoms with van der Waals surface area (Å²) in [7, 11) is -2.19. The van der Waals surface area contributed by atoms with Crippen LogP contribution in [-0.4, -0.2) is 12.7 Å². The molecule has 0 N–H and O–H groups in total. The van der Waals surface area contributed by atoms with Crippen molar-refractivity contribution in [3.05, 3.63) is 0 Å². The van der Waals surface area contributed by atoms with Gasteiger partial charge in [0.25, 0.3) is 0 Å². The van der Waals surface area contributed by atoms with Crippen molar-refractivity contribution in [3.63, 3.8) is 0 Å². The summed E-state index contributed by atoms with van der Waals surface area (Å²) < 4.78 is 20.7. The normalized spacial score (nSPS) is 10.1. The van der Waals surface area contributed by atoms with E-state index in [0.29, 0.717) is 6.42 Å². The predicted octanol–water partition coefficient (Wildman–Crippen LogP) is 3.37. The van der Waals surface area contributed by atoms with E-state index in [-0.39, 0.29) is 4.32 Å². The fourth-order valence-corrected chi connectivity index (χ4v) is 1.75. The third-order valence-electron chi connectivity index (χ3n) is 2.16. The standard InChI is InChI=1S/C10H19ClO2S/c1-2-3-4-5-6-7-8-9-10(11)14(12)13/h2-9H2,1H3. The molecule has 84 valence electrons. The molecule has 0 spiro atoms. The summed E-state index contributed by atoms with van der Waals surface area (Å²) in [5.74, 6) is 0. The molecule has 0 aromatic heterocycles. The summed E-state index contributed by atoms with van der Waals surface area (Å²) in [6.07, 6.45) is 8.77. The zero-order valence-corrected chi connectivity index (χ0v) is 10.3. The molecule has 0 aliphatic heterocycles. The first-order valence-corrected chi connectivity index (χ1v) is 6.74. The highest BCUT2D eigenvalue weighted by Gasteiger charge is 1.96. The minimum absolute atomic E-state index is 0.0681. The Hall–Kier alpha value is -0.0200. The Kier molecular flexibility index (Phi) is 9.52. The highest BCUT2D eigenvalue weighted by Crippen LogP contribution is 2.09. The van der Waals surface area contributed by atoms with Crippen molar-refractivity contribution < 1.29 is 8.42 Å². The van der Waals surface area contributed by atoms with Crippen LogP contribution in [-0.2, 0) is 10.3 Å². The lowest BCUT2D eigenvalue weighted by Crippen LogP contribution is -1.89. The van der Waals surface area contributed by atoms with Crippen LogP contribution in [0.4, 0.5) is 0 Å². The Morgan fingerprint density at radius 3 is 2.00 bits per heavy atom. The first-order valence-electron chi connectivity index (χ1n) is 5.29. The molecule has 0 atom stereocenters. The summed E-state index contributed by atoms with van der Waals surface area (Å²) >= 11 is 5.48. The Morgan fingerprint density at radius 1 is 1.00 bits per heavy atom. The van der Waals surface area contributed by atoms with Gasteiger partial charge < -0.3 is 0 Å². The van der Waals surface area contributed by atoms with Crippen molar-refractivity contribution in [3.8, 4) is 0 Å². The quantitative estimate of drug-likeness (QED) is 0.369. The maximum absolute atomic E-state index is 10.3.